The van der Waals surface area contributed by atoms with Crippen LogP contribution in [0.5, 0.6) is 0 Å². The Bertz CT molecular complexity index is 1550. The van der Waals surface area contributed by atoms with Gasteiger partial charge in [-0.25, -0.2) is 0 Å². The average molecular weight is 687 g/mol. The fourth-order valence-electron chi connectivity index (χ4n) is 7.95. The van der Waals surface area contributed by atoms with E-state index in [1.807, 2.05) is 0 Å². The molecule has 2 unspecified atom stereocenters. The molecule has 1 aliphatic rings. The van der Waals surface area contributed by atoms with Crippen LogP contribution in [0.1, 0.15) is 125 Å². The summed E-state index contributed by atoms with van der Waals surface area (Å²) in [5.41, 5.74) is 11.2. The van der Waals surface area contributed by atoms with Crippen LogP contribution in [0, 0.1) is 11.8 Å². The first-order chi connectivity index (χ1) is 24.0. The smallest absolute Gasteiger partial charge is 0.0220 e. The molecule has 0 amide bonds. The molecular weight excluding hydrogens is 629 g/mol. The molecule has 49 heavy (non-hydrogen) atoms. The van der Waals surface area contributed by atoms with Gasteiger partial charge in [-0.1, -0.05) is 164 Å². The Balaban J connectivity index is 1.62. The van der Waals surface area contributed by atoms with Crippen molar-refractivity contribution in [1.29, 1.82) is 0 Å². The molecular formula is C47H58S2. The van der Waals surface area contributed by atoms with Crippen molar-refractivity contribution in [3.05, 3.63) is 118 Å². The van der Waals surface area contributed by atoms with Crippen molar-refractivity contribution in [3.63, 3.8) is 0 Å². The van der Waals surface area contributed by atoms with Crippen LogP contribution in [-0.2, 0) is 5.41 Å². The Labute approximate surface area is 307 Å². The van der Waals surface area contributed by atoms with Crippen LogP contribution >= 0.6 is 23.5 Å². The summed E-state index contributed by atoms with van der Waals surface area (Å²) in [6.07, 6.45) is 26.3. The number of thioether (sulfide) groups is 2. The van der Waals surface area contributed by atoms with Crippen LogP contribution in [0.3, 0.4) is 0 Å². The second kappa shape index (κ2) is 18.3. The van der Waals surface area contributed by atoms with Crippen LogP contribution in [0.25, 0.3) is 35.4 Å². The summed E-state index contributed by atoms with van der Waals surface area (Å²) >= 11 is 3.59. The molecule has 0 fully saturated rings. The minimum atomic E-state index is 0.0151. The van der Waals surface area contributed by atoms with E-state index in [0.29, 0.717) is 11.8 Å². The fraction of sp³-hybridized carbons (Fsp3) is 0.404. The maximum Gasteiger partial charge on any atom is 0.0220 e. The molecule has 0 heterocycles. The molecule has 0 bridgehead atoms. The van der Waals surface area contributed by atoms with Crippen molar-refractivity contribution >= 4 is 47.8 Å². The van der Waals surface area contributed by atoms with E-state index in [0.717, 1.165) is 0 Å². The molecule has 0 nitrogen and oxygen atoms in total. The number of rotatable bonds is 18. The van der Waals surface area contributed by atoms with Gasteiger partial charge in [0.05, 0.1) is 0 Å². The van der Waals surface area contributed by atoms with E-state index in [4.69, 9.17) is 0 Å². The van der Waals surface area contributed by atoms with Gasteiger partial charge in [0.1, 0.15) is 0 Å². The minimum Gasteiger partial charge on any atom is -0.130 e. The number of hydrogen-bond acceptors (Lipinski definition) is 2. The van der Waals surface area contributed by atoms with Crippen LogP contribution in [0.4, 0.5) is 0 Å². The predicted molar refractivity (Wildman–Crippen MR) is 223 cm³/mol. The molecule has 0 radical (unpaired) electrons. The highest BCUT2D eigenvalue weighted by molar-refractivity contribution is 7.98. The number of benzene rings is 4. The van der Waals surface area contributed by atoms with Gasteiger partial charge in [-0.15, -0.1) is 23.5 Å². The molecule has 2 atom stereocenters. The van der Waals surface area contributed by atoms with Crippen molar-refractivity contribution in [1.82, 2.24) is 0 Å². The van der Waals surface area contributed by atoms with Crippen LogP contribution in [-0.4, -0.2) is 12.5 Å². The van der Waals surface area contributed by atoms with Crippen molar-refractivity contribution < 1.29 is 0 Å². The molecule has 0 aromatic heterocycles. The van der Waals surface area contributed by atoms with Gasteiger partial charge in [-0.05, 0) is 106 Å². The van der Waals surface area contributed by atoms with Gasteiger partial charge in [0.25, 0.3) is 0 Å². The lowest BCUT2D eigenvalue weighted by Crippen LogP contribution is -2.31. The summed E-state index contributed by atoms with van der Waals surface area (Å²) in [6, 6.07) is 32.6. The average Bonchev–Trinajstić information content (AvgIpc) is 3.41. The Morgan fingerprint density at radius 1 is 0.510 bits per heavy atom. The zero-order valence-electron chi connectivity index (χ0n) is 30.9. The summed E-state index contributed by atoms with van der Waals surface area (Å²) in [5.74, 6) is 1.43. The first-order valence-electron chi connectivity index (χ1n) is 18.9. The van der Waals surface area contributed by atoms with E-state index in [1.54, 1.807) is 34.7 Å². The summed E-state index contributed by atoms with van der Waals surface area (Å²) < 4.78 is 0. The zero-order chi connectivity index (χ0) is 34.6. The van der Waals surface area contributed by atoms with Gasteiger partial charge in [0.15, 0.2) is 0 Å². The highest BCUT2D eigenvalue weighted by Crippen LogP contribution is 2.57. The van der Waals surface area contributed by atoms with E-state index < -0.39 is 0 Å². The standard InChI is InChI=1S/C47H58S2/c1-7-11-13-35(9-3)33-47(34-36(10-4)14-12-8-2)45-31-39(17-15-37-19-25-41(48-5)26-20-37)23-29-43(45)44-30-24-40(32-46(44)47)18-16-38-21-27-42(49-6)28-22-38/h15-32,35-36H,7-14,33-34H2,1-6H3. The quantitative estimate of drug-likeness (QED) is 0.0755. The molecule has 0 N–H and O–H groups in total. The van der Waals surface area contributed by atoms with Crippen molar-refractivity contribution in [3.8, 4) is 11.1 Å². The Morgan fingerprint density at radius 2 is 0.878 bits per heavy atom. The Hall–Kier alpha value is -2.94. The molecule has 0 spiro atoms. The van der Waals surface area contributed by atoms with Crippen molar-refractivity contribution in [2.45, 2.75) is 107 Å². The number of unbranched alkanes of at least 4 members (excludes halogenated alkanes) is 2. The van der Waals surface area contributed by atoms with Crippen molar-refractivity contribution in [2.75, 3.05) is 12.5 Å². The first-order valence-corrected chi connectivity index (χ1v) is 21.3. The van der Waals surface area contributed by atoms with Gasteiger partial charge in [0, 0.05) is 15.2 Å². The van der Waals surface area contributed by atoms with E-state index in [2.05, 4.69) is 149 Å². The van der Waals surface area contributed by atoms with Gasteiger partial charge < -0.3 is 0 Å². The van der Waals surface area contributed by atoms with E-state index >= 15 is 0 Å². The van der Waals surface area contributed by atoms with Crippen LogP contribution in [0.15, 0.2) is 94.7 Å². The summed E-state index contributed by atoms with van der Waals surface area (Å²) in [4.78, 5) is 2.61. The van der Waals surface area contributed by atoms with Crippen molar-refractivity contribution in [2.24, 2.45) is 11.8 Å². The summed E-state index contributed by atoms with van der Waals surface area (Å²) in [5, 5.41) is 0. The molecule has 4 aromatic carbocycles. The molecule has 0 saturated carbocycles. The zero-order valence-corrected chi connectivity index (χ0v) is 32.6. The van der Waals surface area contributed by atoms with E-state index in [9.17, 15) is 0 Å². The Kier molecular flexibility index (Phi) is 14.0. The molecule has 5 rings (SSSR count). The third kappa shape index (κ3) is 9.25. The topological polar surface area (TPSA) is 0 Å². The predicted octanol–water partition coefficient (Wildman–Crippen LogP) is 15.0. The van der Waals surface area contributed by atoms with Gasteiger partial charge in [-0.2, -0.15) is 0 Å². The van der Waals surface area contributed by atoms with E-state index in [-0.39, 0.29) is 5.41 Å². The largest absolute Gasteiger partial charge is 0.130 e. The van der Waals surface area contributed by atoms with Crippen LogP contribution in [0.2, 0.25) is 0 Å². The third-order valence-corrected chi connectivity index (χ3v) is 12.4. The minimum absolute atomic E-state index is 0.0151. The second-order valence-corrected chi connectivity index (χ2v) is 15.9. The number of fused-ring (bicyclic) bond motifs is 3. The first kappa shape index (κ1) is 37.3. The van der Waals surface area contributed by atoms with Crippen LogP contribution < -0.4 is 0 Å². The maximum atomic E-state index is 2.57. The lowest BCUT2D eigenvalue weighted by molar-refractivity contribution is 0.266. The lowest BCUT2D eigenvalue weighted by Gasteiger charge is -2.39. The van der Waals surface area contributed by atoms with Gasteiger partial charge in [-0.3, -0.25) is 0 Å². The normalized spacial score (nSPS) is 16.7. The maximum absolute atomic E-state index is 2.57. The summed E-state index contributed by atoms with van der Waals surface area (Å²) in [6.45, 7) is 9.56. The molecule has 4 aromatic rings. The second-order valence-electron chi connectivity index (χ2n) is 14.1. The molecule has 0 saturated heterocycles. The van der Waals surface area contributed by atoms with E-state index in [1.165, 1.54) is 107 Å². The molecule has 0 aliphatic heterocycles. The third-order valence-electron chi connectivity index (χ3n) is 10.9. The lowest BCUT2D eigenvalue weighted by atomic mass is 9.65. The van der Waals surface area contributed by atoms with Gasteiger partial charge >= 0.3 is 0 Å². The fourth-order valence-corrected chi connectivity index (χ4v) is 8.76. The SMILES string of the molecule is CCCCC(CC)CC1(CC(CC)CCCC)c2cc(C=Cc3ccc(SC)cc3)ccc2-c2ccc(C=Cc3ccc(SC)cc3)cc21. The molecule has 258 valence electrons. The monoisotopic (exact) mass is 686 g/mol. The number of hydrogen-bond donors (Lipinski definition) is 0. The highest BCUT2D eigenvalue weighted by atomic mass is 32.2. The molecule has 1 aliphatic carbocycles. The summed E-state index contributed by atoms with van der Waals surface area (Å²) in [7, 11) is 0. The molecule has 2 heteroatoms. The van der Waals surface area contributed by atoms with Gasteiger partial charge in [0.2, 0.25) is 0 Å². The highest BCUT2D eigenvalue weighted by Gasteiger charge is 2.45. The Morgan fingerprint density at radius 3 is 1.22 bits per heavy atom.